The van der Waals surface area contributed by atoms with Gasteiger partial charge >= 0.3 is 0 Å². The molecular formula is C16H23NO3S. The van der Waals surface area contributed by atoms with Crippen LogP contribution >= 0.6 is 0 Å². The van der Waals surface area contributed by atoms with Crippen LogP contribution in [0.4, 0.5) is 0 Å². The summed E-state index contributed by atoms with van der Waals surface area (Å²) >= 11 is 0. The Morgan fingerprint density at radius 1 is 1.14 bits per heavy atom. The van der Waals surface area contributed by atoms with Crippen LogP contribution in [0.25, 0.3) is 0 Å². The second kappa shape index (κ2) is 5.38. The van der Waals surface area contributed by atoms with Crippen molar-refractivity contribution in [2.45, 2.75) is 50.0 Å². The minimum absolute atomic E-state index is 0.423. The molecule has 0 N–H and O–H groups in total. The van der Waals surface area contributed by atoms with Gasteiger partial charge in [-0.25, -0.2) is 8.42 Å². The van der Waals surface area contributed by atoms with Crippen LogP contribution < -0.4 is 0 Å². The number of morpholine rings is 1. The lowest BCUT2D eigenvalue weighted by Gasteiger charge is -2.40. The molecule has 0 unspecified atom stereocenters. The van der Waals surface area contributed by atoms with Crippen molar-refractivity contribution >= 4 is 10.0 Å². The number of hydrogen-bond acceptors (Lipinski definition) is 3. The molecule has 1 fully saturated rings. The number of hydrogen-bond donors (Lipinski definition) is 0. The van der Waals surface area contributed by atoms with Crippen molar-refractivity contribution in [3.8, 4) is 0 Å². The number of rotatable bonds is 2. The Kier molecular flexibility index (Phi) is 3.84. The monoisotopic (exact) mass is 309 g/mol. The third-order valence-electron chi connectivity index (χ3n) is 4.48. The van der Waals surface area contributed by atoms with Gasteiger partial charge in [-0.2, -0.15) is 4.31 Å². The highest BCUT2D eigenvalue weighted by Crippen LogP contribution is 2.30. The van der Waals surface area contributed by atoms with E-state index in [0.29, 0.717) is 24.7 Å². The Morgan fingerprint density at radius 3 is 2.57 bits per heavy atom. The Morgan fingerprint density at radius 2 is 1.86 bits per heavy atom. The average molecular weight is 309 g/mol. The molecule has 1 aliphatic carbocycles. The molecule has 1 aliphatic heterocycles. The fraction of sp³-hybridized carbons (Fsp3) is 0.625. The minimum atomic E-state index is -3.45. The van der Waals surface area contributed by atoms with Crippen molar-refractivity contribution in [3.63, 3.8) is 0 Å². The Labute approximate surface area is 127 Å². The SMILES string of the molecule is CC1(C)COCCN1S(=O)(=O)c1ccc2c(c1)CCCC2. The zero-order chi connectivity index (χ0) is 15.1. The van der Waals surface area contributed by atoms with Gasteiger partial charge in [0.05, 0.1) is 23.6 Å². The summed E-state index contributed by atoms with van der Waals surface area (Å²) in [6.07, 6.45) is 4.42. The summed E-state index contributed by atoms with van der Waals surface area (Å²) in [4.78, 5) is 0.429. The number of fused-ring (bicyclic) bond motifs is 1. The smallest absolute Gasteiger partial charge is 0.243 e. The lowest BCUT2D eigenvalue weighted by atomic mass is 9.92. The van der Waals surface area contributed by atoms with E-state index in [1.165, 1.54) is 17.5 Å². The second-order valence-electron chi connectivity index (χ2n) is 6.58. The van der Waals surface area contributed by atoms with E-state index < -0.39 is 15.6 Å². The Hall–Kier alpha value is -0.910. The molecule has 0 saturated carbocycles. The molecule has 5 heteroatoms. The number of sulfonamides is 1. The minimum Gasteiger partial charge on any atom is -0.378 e. The van der Waals surface area contributed by atoms with Gasteiger partial charge in [0.2, 0.25) is 10.0 Å². The van der Waals surface area contributed by atoms with E-state index in [4.69, 9.17) is 4.74 Å². The summed E-state index contributed by atoms with van der Waals surface area (Å²) in [7, 11) is -3.45. The van der Waals surface area contributed by atoms with Crippen LogP contribution in [0.2, 0.25) is 0 Å². The van der Waals surface area contributed by atoms with Gasteiger partial charge in [0.1, 0.15) is 0 Å². The van der Waals surface area contributed by atoms with Gasteiger partial charge in [-0.1, -0.05) is 6.07 Å². The van der Waals surface area contributed by atoms with Crippen molar-refractivity contribution < 1.29 is 13.2 Å². The molecular weight excluding hydrogens is 286 g/mol. The van der Waals surface area contributed by atoms with Crippen LogP contribution in [-0.4, -0.2) is 38.0 Å². The van der Waals surface area contributed by atoms with E-state index >= 15 is 0 Å². The molecule has 0 spiro atoms. The molecule has 1 aromatic rings. The van der Waals surface area contributed by atoms with Crippen LogP contribution in [0.5, 0.6) is 0 Å². The predicted octanol–water partition coefficient (Wildman–Crippen LogP) is 2.36. The highest BCUT2D eigenvalue weighted by Gasteiger charge is 2.39. The second-order valence-corrected chi connectivity index (χ2v) is 8.44. The van der Waals surface area contributed by atoms with Gasteiger partial charge in [0.15, 0.2) is 0 Å². The fourth-order valence-electron chi connectivity index (χ4n) is 3.29. The summed E-state index contributed by atoms with van der Waals surface area (Å²) in [5, 5.41) is 0. The number of benzene rings is 1. The molecule has 21 heavy (non-hydrogen) atoms. The van der Waals surface area contributed by atoms with Crippen LogP contribution in [0.15, 0.2) is 23.1 Å². The first-order valence-electron chi connectivity index (χ1n) is 7.64. The van der Waals surface area contributed by atoms with Gasteiger partial charge < -0.3 is 4.74 Å². The first-order valence-corrected chi connectivity index (χ1v) is 9.08. The first-order chi connectivity index (χ1) is 9.91. The summed E-state index contributed by atoms with van der Waals surface area (Å²) < 4.78 is 32.9. The van der Waals surface area contributed by atoms with E-state index in [9.17, 15) is 8.42 Å². The van der Waals surface area contributed by atoms with Gasteiger partial charge in [0, 0.05) is 6.54 Å². The zero-order valence-electron chi connectivity index (χ0n) is 12.8. The summed E-state index contributed by atoms with van der Waals surface area (Å²) in [6.45, 7) is 5.17. The van der Waals surface area contributed by atoms with Gasteiger partial charge in [0.25, 0.3) is 0 Å². The van der Waals surface area contributed by atoms with Crippen LogP contribution in [0.3, 0.4) is 0 Å². The van der Waals surface area contributed by atoms with E-state index in [1.807, 2.05) is 26.0 Å². The molecule has 3 rings (SSSR count). The molecule has 1 aromatic carbocycles. The fourth-order valence-corrected chi connectivity index (χ4v) is 5.09. The van der Waals surface area contributed by atoms with Gasteiger partial charge in [-0.15, -0.1) is 0 Å². The largest absolute Gasteiger partial charge is 0.378 e. The number of ether oxygens (including phenoxy) is 1. The Balaban J connectivity index is 1.98. The highest BCUT2D eigenvalue weighted by molar-refractivity contribution is 7.89. The van der Waals surface area contributed by atoms with Crippen LogP contribution in [0.1, 0.15) is 37.8 Å². The lowest BCUT2D eigenvalue weighted by molar-refractivity contribution is -0.00771. The summed E-state index contributed by atoms with van der Waals surface area (Å²) in [5.74, 6) is 0. The molecule has 0 amide bonds. The van der Waals surface area contributed by atoms with Gasteiger partial charge in [-0.3, -0.25) is 0 Å². The maximum atomic E-state index is 13.0. The third-order valence-corrected chi connectivity index (χ3v) is 6.58. The van der Waals surface area contributed by atoms with E-state index in [-0.39, 0.29) is 0 Å². The average Bonchev–Trinajstić information content (AvgIpc) is 2.46. The molecule has 0 aromatic heterocycles. The number of aryl methyl sites for hydroxylation is 2. The van der Waals surface area contributed by atoms with E-state index in [0.717, 1.165) is 19.3 Å². The van der Waals surface area contributed by atoms with Gasteiger partial charge in [-0.05, 0) is 62.8 Å². The molecule has 0 bridgehead atoms. The summed E-state index contributed by atoms with van der Waals surface area (Å²) in [6, 6.07) is 5.65. The molecule has 4 nitrogen and oxygen atoms in total. The van der Waals surface area contributed by atoms with Crippen molar-refractivity contribution in [2.75, 3.05) is 19.8 Å². The topological polar surface area (TPSA) is 46.6 Å². The first kappa shape index (κ1) is 15.0. The quantitative estimate of drug-likeness (QED) is 0.842. The molecule has 116 valence electrons. The maximum absolute atomic E-state index is 13.0. The van der Waals surface area contributed by atoms with E-state index in [1.54, 1.807) is 10.4 Å². The maximum Gasteiger partial charge on any atom is 0.243 e. The normalized spacial score (nSPS) is 22.8. The number of nitrogens with zero attached hydrogens (tertiary/aromatic N) is 1. The van der Waals surface area contributed by atoms with Crippen molar-refractivity contribution in [1.29, 1.82) is 0 Å². The molecule has 1 heterocycles. The molecule has 1 saturated heterocycles. The predicted molar refractivity (Wildman–Crippen MR) is 81.9 cm³/mol. The lowest BCUT2D eigenvalue weighted by Crippen LogP contribution is -2.55. The highest BCUT2D eigenvalue weighted by atomic mass is 32.2. The van der Waals surface area contributed by atoms with Crippen LogP contribution in [0, 0.1) is 0 Å². The standard InChI is InChI=1S/C16H23NO3S/c1-16(2)12-20-10-9-17(16)21(18,19)15-8-7-13-5-3-4-6-14(13)11-15/h7-8,11H,3-6,9-10,12H2,1-2H3. The van der Waals surface area contributed by atoms with Crippen molar-refractivity contribution in [1.82, 2.24) is 4.31 Å². The molecule has 0 radical (unpaired) electrons. The molecule has 0 atom stereocenters. The molecule has 2 aliphatic rings. The van der Waals surface area contributed by atoms with E-state index in [2.05, 4.69) is 0 Å². The summed E-state index contributed by atoms with van der Waals surface area (Å²) in [5.41, 5.74) is 2.02. The van der Waals surface area contributed by atoms with Crippen LogP contribution in [-0.2, 0) is 27.6 Å². The van der Waals surface area contributed by atoms with Crippen molar-refractivity contribution in [3.05, 3.63) is 29.3 Å². The third kappa shape index (κ3) is 2.74. The zero-order valence-corrected chi connectivity index (χ0v) is 13.6. The Bertz CT molecular complexity index is 637. The van der Waals surface area contributed by atoms with Crippen molar-refractivity contribution in [2.24, 2.45) is 0 Å².